The summed E-state index contributed by atoms with van der Waals surface area (Å²) in [6.07, 6.45) is 3.18. The van der Waals surface area contributed by atoms with Crippen molar-refractivity contribution in [2.75, 3.05) is 61.4 Å². The maximum Gasteiger partial charge on any atom is 0.293 e. The van der Waals surface area contributed by atoms with Gasteiger partial charge in [-0.05, 0) is 56.6 Å². The van der Waals surface area contributed by atoms with Crippen LogP contribution in [0.15, 0.2) is 36.4 Å². The number of benzene rings is 2. The molecule has 8 nitrogen and oxygen atoms in total. The lowest BCUT2D eigenvalue weighted by molar-refractivity contribution is -0.384. The van der Waals surface area contributed by atoms with E-state index in [2.05, 4.69) is 22.2 Å². The van der Waals surface area contributed by atoms with Crippen molar-refractivity contribution in [1.82, 2.24) is 4.90 Å². The standard InChI is InChI=1S/C23H28ClN5O3/c1-26-11-13-28(14-12-26)20-8-6-18(16-19(20)24)25-23(30)17-5-7-21(22(15-17)29(31)32)27-9-3-2-4-10-27/h5-8,15-16H,2-4,9-14H2,1H3,(H,25,30). The molecule has 0 radical (unpaired) electrons. The van der Waals surface area contributed by atoms with E-state index in [9.17, 15) is 14.9 Å². The Balaban J connectivity index is 1.49. The zero-order valence-corrected chi connectivity index (χ0v) is 19.0. The van der Waals surface area contributed by atoms with Gasteiger partial charge in [0, 0.05) is 56.6 Å². The number of halogens is 1. The highest BCUT2D eigenvalue weighted by Crippen LogP contribution is 2.32. The van der Waals surface area contributed by atoms with Gasteiger partial charge in [0.1, 0.15) is 5.69 Å². The quantitative estimate of drug-likeness (QED) is 0.534. The summed E-state index contributed by atoms with van der Waals surface area (Å²) >= 11 is 6.50. The molecule has 2 aliphatic rings. The Morgan fingerprint density at radius 2 is 1.59 bits per heavy atom. The minimum absolute atomic E-state index is 0.0389. The van der Waals surface area contributed by atoms with Crippen LogP contribution in [0.25, 0.3) is 0 Å². The van der Waals surface area contributed by atoms with Crippen molar-refractivity contribution < 1.29 is 9.72 Å². The van der Waals surface area contributed by atoms with Crippen LogP contribution in [0, 0.1) is 10.1 Å². The number of rotatable bonds is 5. The van der Waals surface area contributed by atoms with E-state index < -0.39 is 10.8 Å². The molecule has 2 heterocycles. The SMILES string of the molecule is CN1CCN(c2ccc(NC(=O)c3ccc(N4CCCCC4)c([N+](=O)[O-])c3)cc2Cl)CC1. The van der Waals surface area contributed by atoms with Crippen LogP contribution in [0.3, 0.4) is 0 Å². The third-order valence-electron chi connectivity index (χ3n) is 6.18. The fourth-order valence-electron chi connectivity index (χ4n) is 4.30. The van der Waals surface area contributed by atoms with Gasteiger partial charge < -0.3 is 20.0 Å². The summed E-state index contributed by atoms with van der Waals surface area (Å²) in [4.78, 5) is 30.6. The van der Waals surface area contributed by atoms with Gasteiger partial charge in [-0.1, -0.05) is 11.6 Å². The maximum absolute atomic E-state index is 12.8. The van der Waals surface area contributed by atoms with Gasteiger partial charge in [-0.15, -0.1) is 0 Å². The normalized spacial score (nSPS) is 17.3. The van der Waals surface area contributed by atoms with E-state index in [1.807, 2.05) is 17.0 Å². The first kappa shape index (κ1) is 22.4. The Hall–Kier alpha value is -2.84. The number of amides is 1. The molecule has 2 aromatic carbocycles. The molecule has 0 atom stereocenters. The molecule has 0 spiro atoms. The van der Waals surface area contributed by atoms with E-state index in [1.54, 1.807) is 18.2 Å². The highest BCUT2D eigenvalue weighted by molar-refractivity contribution is 6.33. The first-order valence-corrected chi connectivity index (χ1v) is 11.4. The van der Waals surface area contributed by atoms with Gasteiger partial charge in [0.05, 0.1) is 15.6 Å². The molecule has 0 unspecified atom stereocenters. The average molecular weight is 458 g/mol. The molecule has 0 saturated carbocycles. The molecular weight excluding hydrogens is 430 g/mol. The number of piperidine rings is 1. The number of anilines is 3. The average Bonchev–Trinajstić information content (AvgIpc) is 2.80. The molecule has 2 aromatic rings. The third-order valence-corrected chi connectivity index (χ3v) is 6.48. The fourth-order valence-corrected chi connectivity index (χ4v) is 4.60. The van der Waals surface area contributed by atoms with E-state index in [0.29, 0.717) is 16.4 Å². The van der Waals surface area contributed by atoms with E-state index in [-0.39, 0.29) is 11.3 Å². The van der Waals surface area contributed by atoms with E-state index >= 15 is 0 Å². The number of carbonyl (C=O) groups is 1. The second-order valence-electron chi connectivity index (χ2n) is 8.42. The second-order valence-corrected chi connectivity index (χ2v) is 8.83. The van der Waals surface area contributed by atoms with E-state index in [1.165, 1.54) is 6.07 Å². The van der Waals surface area contributed by atoms with Crippen molar-refractivity contribution in [1.29, 1.82) is 0 Å². The number of hydrogen-bond donors (Lipinski definition) is 1. The minimum Gasteiger partial charge on any atom is -0.368 e. The van der Waals surface area contributed by atoms with Crippen molar-refractivity contribution in [3.8, 4) is 0 Å². The molecule has 1 N–H and O–H groups in total. The zero-order chi connectivity index (χ0) is 22.7. The lowest BCUT2D eigenvalue weighted by atomic mass is 10.1. The highest BCUT2D eigenvalue weighted by Gasteiger charge is 2.23. The Morgan fingerprint density at radius 1 is 0.938 bits per heavy atom. The van der Waals surface area contributed by atoms with Gasteiger partial charge in [0.15, 0.2) is 0 Å². The van der Waals surface area contributed by atoms with Crippen LogP contribution >= 0.6 is 11.6 Å². The first-order valence-electron chi connectivity index (χ1n) is 11.0. The second kappa shape index (κ2) is 9.75. The molecule has 2 saturated heterocycles. The number of nitrogens with one attached hydrogen (secondary N) is 1. The van der Waals surface area contributed by atoms with Crippen LogP contribution in [0.5, 0.6) is 0 Å². The van der Waals surface area contributed by atoms with Gasteiger partial charge in [-0.2, -0.15) is 0 Å². The summed E-state index contributed by atoms with van der Waals surface area (Å²) in [7, 11) is 2.10. The topological polar surface area (TPSA) is 82.0 Å². The largest absolute Gasteiger partial charge is 0.368 e. The summed E-state index contributed by atoms with van der Waals surface area (Å²) in [5.74, 6) is -0.401. The van der Waals surface area contributed by atoms with Crippen molar-refractivity contribution >= 4 is 40.3 Å². The Morgan fingerprint density at radius 3 is 2.25 bits per heavy atom. The lowest BCUT2D eigenvalue weighted by Crippen LogP contribution is -2.44. The summed E-state index contributed by atoms with van der Waals surface area (Å²) in [5.41, 5.74) is 2.28. The molecule has 1 amide bonds. The first-order chi connectivity index (χ1) is 15.4. The van der Waals surface area contributed by atoms with E-state index in [4.69, 9.17) is 11.6 Å². The zero-order valence-electron chi connectivity index (χ0n) is 18.2. The van der Waals surface area contributed by atoms with Gasteiger partial charge in [0.2, 0.25) is 0 Å². The number of nitrogens with zero attached hydrogens (tertiary/aromatic N) is 4. The number of nitro groups is 1. The molecular formula is C23H28ClN5O3. The van der Waals surface area contributed by atoms with Crippen molar-refractivity contribution in [3.05, 3.63) is 57.1 Å². The Bertz CT molecular complexity index is 1000. The molecule has 0 aromatic heterocycles. The van der Waals surface area contributed by atoms with Gasteiger partial charge in [-0.25, -0.2) is 0 Å². The Kier molecular flexibility index (Phi) is 6.81. The van der Waals surface area contributed by atoms with Gasteiger partial charge in [0.25, 0.3) is 11.6 Å². The summed E-state index contributed by atoms with van der Waals surface area (Å²) in [6, 6.07) is 10.1. The molecule has 170 valence electrons. The molecule has 2 aliphatic heterocycles. The molecule has 0 bridgehead atoms. The summed E-state index contributed by atoms with van der Waals surface area (Å²) in [6.45, 7) is 5.33. The number of likely N-dealkylation sites (N-methyl/N-ethyl adjacent to an activating group) is 1. The van der Waals surface area contributed by atoms with Crippen molar-refractivity contribution in [2.45, 2.75) is 19.3 Å². The van der Waals surface area contributed by atoms with Crippen LogP contribution < -0.4 is 15.1 Å². The van der Waals surface area contributed by atoms with Crippen LogP contribution in [-0.2, 0) is 0 Å². The van der Waals surface area contributed by atoms with Gasteiger partial charge >= 0.3 is 0 Å². The third kappa shape index (κ3) is 4.97. The molecule has 9 heteroatoms. The highest BCUT2D eigenvalue weighted by atomic mass is 35.5. The van der Waals surface area contributed by atoms with Crippen LogP contribution in [0.1, 0.15) is 29.6 Å². The van der Waals surface area contributed by atoms with Crippen molar-refractivity contribution in [3.63, 3.8) is 0 Å². The molecule has 4 rings (SSSR count). The minimum atomic E-state index is -0.414. The molecule has 0 aliphatic carbocycles. The van der Waals surface area contributed by atoms with Crippen molar-refractivity contribution in [2.24, 2.45) is 0 Å². The monoisotopic (exact) mass is 457 g/mol. The predicted molar refractivity (Wildman–Crippen MR) is 128 cm³/mol. The Labute approximate surface area is 192 Å². The summed E-state index contributed by atoms with van der Waals surface area (Å²) < 4.78 is 0. The van der Waals surface area contributed by atoms with E-state index in [0.717, 1.165) is 64.2 Å². The summed E-state index contributed by atoms with van der Waals surface area (Å²) in [5, 5.41) is 15.1. The fraction of sp³-hybridized carbons (Fsp3) is 0.435. The van der Waals surface area contributed by atoms with Gasteiger partial charge in [-0.3, -0.25) is 14.9 Å². The number of nitro benzene ring substituents is 1. The number of hydrogen-bond acceptors (Lipinski definition) is 6. The number of carbonyl (C=O) groups excluding carboxylic acids is 1. The predicted octanol–water partition coefficient (Wildman–Crippen LogP) is 4.24. The van der Waals surface area contributed by atoms with Crippen LogP contribution in [0.2, 0.25) is 5.02 Å². The van der Waals surface area contributed by atoms with Crippen LogP contribution in [-0.4, -0.2) is 62.0 Å². The maximum atomic E-state index is 12.8. The lowest BCUT2D eigenvalue weighted by Gasteiger charge is -2.34. The molecule has 2 fully saturated rings. The smallest absolute Gasteiger partial charge is 0.293 e. The van der Waals surface area contributed by atoms with Crippen LogP contribution in [0.4, 0.5) is 22.7 Å². The number of piperazine rings is 1. The molecule has 32 heavy (non-hydrogen) atoms.